The molecule has 4 nitrogen and oxygen atoms in total. The fraction of sp³-hybridized carbons (Fsp3) is 0.438. The lowest BCUT2D eigenvalue weighted by molar-refractivity contribution is -0.274. The zero-order chi connectivity index (χ0) is 24.2. The van der Waals surface area contributed by atoms with E-state index >= 15 is 0 Å². The van der Waals surface area contributed by atoms with E-state index in [1.165, 1.54) is 0 Å². The summed E-state index contributed by atoms with van der Waals surface area (Å²) in [4.78, 5) is 11.5. The summed E-state index contributed by atoms with van der Waals surface area (Å²) in [7, 11) is 0. The van der Waals surface area contributed by atoms with E-state index in [9.17, 15) is 36.2 Å². The Bertz CT molecular complexity index is 923. The molecule has 0 fully saturated rings. The van der Waals surface area contributed by atoms with Gasteiger partial charge >= 0.3 is 18.5 Å². The molecule has 1 atom stereocenters. The molecule has 1 aromatic rings. The number of alkyl halides is 6. The largest absolute Gasteiger partial charge is 0.573 e. The quantitative estimate of drug-likeness (QED) is 0.758. The molecule has 1 aliphatic rings. The average molecular weight is 389 g/mol. The molecule has 0 spiro atoms. The van der Waals surface area contributed by atoms with Crippen LogP contribution >= 0.6 is 0 Å². The third-order valence-corrected chi connectivity index (χ3v) is 3.66. The molecule has 0 saturated heterocycles. The van der Waals surface area contributed by atoms with Crippen LogP contribution in [0.5, 0.6) is 11.5 Å². The van der Waals surface area contributed by atoms with E-state index in [-0.39, 0.29) is 6.07 Å². The van der Waals surface area contributed by atoms with E-state index < -0.39 is 72.0 Å². The highest BCUT2D eigenvalue weighted by Gasteiger charge is 2.62. The first-order valence-electron chi connectivity index (χ1n) is 9.42. The van der Waals surface area contributed by atoms with E-state index in [2.05, 4.69) is 4.74 Å². The van der Waals surface area contributed by atoms with E-state index in [1.807, 2.05) is 0 Å². The third-order valence-electron chi connectivity index (χ3n) is 3.66. The van der Waals surface area contributed by atoms with Gasteiger partial charge in [0.25, 0.3) is 0 Å². The highest BCUT2D eigenvalue weighted by atomic mass is 19.4. The van der Waals surface area contributed by atoms with Crippen LogP contribution in [0.1, 0.15) is 38.2 Å². The summed E-state index contributed by atoms with van der Waals surface area (Å²) < 4.78 is 126. The molecule has 10 heteroatoms. The fourth-order valence-corrected chi connectivity index (χ4v) is 2.54. The maximum atomic E-state index is 13.9. The number of ether oxygens (including phenoxy) is 2. The van der Waals surface area contributed by atoms with Crippen molar-refractivity contribution < 1.29 is 52.6 Å². The summed E-state index contributed by atoms with van der Waals surface area (Å²) in [5.41, 5.74) is -6.79. The smallest absolute Gasteiger partial charge is 0.478 e. The van der Waals surface area contributed by atoms with Gasteiger partial charge in [0.05, 0.1) is 5.57 Å². The number of hydrogen-bond donors (Lipinski definition) is 1. The number of aryl methyl sites for hydroxylation is 1. The predicted octanol–water partition coefficient (Wildman–Crippen LogP) is 4.72. The molecule has 0 aliphatic carbocycles. The predicted molar refractivity (Wildman–Crippen MR) is 77.8 cm³/mol. The van der Waals surface area contributed by atoms with Crippen molar-refractivity contribution >= 4 is 12.0 Å². The monoisotopic (exact) mass is 389 g/mol. The van der Waals surface area contributed by atoms with Crippen LogP contribution in [0.2, 0.25) is 0 Å². The lowest BCUT2D eigenvalue weighted by Crippen LogP contribution is -2.54. The molecular formula is C16H14F6O4. The number of carboxylic acids is 1. The number of halogens is 6. The molecule has 2 rings (SSSR count). The zero-order valence-electron chi connectivity index (χ0n) is 17.9. The Morgan fingerprint density at radius 1 is 1.35 bits per heavy atom. The lowest BCUT2D eigenvalue weighted by atomic mass is 9.85. The molecule has 0 aromatic heterocycles. The first-order valence-corrected chi connectivity index (χ1v) is 6.92. The lowest BCUT2D eigenvalue weighted by Gasteiger charge is -2.39. The number of rotatable bonds is 4. The number of carbonyl (C=O) groups is 1. The highest BCUT2D eigenvalue weighted by molar-refractivity contribution is 5.96. The number of aliphatic carboxylic acids is 1. The van der Waals surface area contributed by atoms with E-state index in [1.54, 1.807) is 0 Å². The minimum atomic E-state index is -5.35. The van der Waals surface area contributed by atoms with Crippen LogP contribution in [-0.2, 0) is 11.2 Å². The number of carboxylic acid groups (broad SMARTS) is 1. The van der Waals surface area contributed by atoms with Gasteiger partial charge in [-0.1, -0.05) is 13.8 Å². The zero-order valence-corrected chi connectivity index (χ0v) is 12.9. The fourth-order valence-electron chi connectivity index (χ4n) is 2.54. The second-order valence-corrected chi connectivity index (χ2v) is 5.21. The molecule has 1 unspecified atom stereocenters. The summed E-state index contributed by atoms with van der Waals surface area (Å²) in [6.45, 7) is -2.61. The topological polar surface area (TPSA) is 55.8 Å². The Labute approximate surface area is 151 Å². The average Bonchev–Trinajstić information content (AvgIpc) is 2.56. The molecule has 26 heavy (non-hydrogen) atoms. The van der Waals surface area contributed by atoms with Crippen LogP contribution in [0, 0.1) is 0 Å². The Kier molecular flexibility index (Phi) is 3.39. The van der Waals surface area contributed by atoms with Gasteiger partial charge in [0.2, 0.25) is 5.60 Å². The number of benzene rings is 1. The number of hydrogen-bond acceptors (Lipinski definition) is 3. The maximum Gasteiger partial charge on any atom is 0.573 e. The second kappa shape index (κ2) is 6.40. The minimum absolute atomic E-state index is 0.259. The second-order valence-electron chi connectivity index (χ2n) is 5.21. The third kappa shape index (κ3) is 3.45. The van der Waals surface area contributed by atoms with Crippen molar-refractivity contribution in [1.82, 2.24) is 0 Å². The van der Waals surface area contributed by atoms with Crippen molar-refractivity contribution in [3.63, 3.8) is 0 Å². The van der Waals surface area contributed by atoms with Gasteiger partial charge in [-0.3, -0.25) is 0 Å². The van der Waals surface area contributed by atoms with E-state index in [4.69, 9.17) is 11.6 Å². The molecule has 1 heterocycles. The Balaban J connectivity index is 2.93. The molecule has 0 radical (unpaired) electrons. The van der Waals surface area contributed by atoms with E-state index in [0.29, 0.717) is 12.1 Å². The van der Waals surface area contributed by atoms with Crippen LogP contribution < -0.4 is 9.47 Å². The number of fused-ring (bicyclic) bond motifs is 1. The van der Waals surface area contributed by atoms with E-state index in [0.717, 1.165) is 6.92 Å². The first kappa shape index (κ1) is 13.8. The molecule has 1 N–H and O–H groups in total. The Morgan fingerprint density at radius 3 is 2.46 bits per heavy atom. The molecule has 1 aliphatic heterocycles. The van der Waals surface area contributed by atoms with Crippen molar-refractivity contribution in [2.75, 3.05) is 0 Å². The molecule has 1 aromatic carbocycles. The van der Waals surface area contributed by atoms with Gasteiger partial charge in [-0.25, -0.2) is 4.79 Å². The normalized spacial score (nSPS) is 24.0. The minimum Gasteiger partial charge on any atom is -0.478 e. The summed E-state index contributed by atoms with van der Waals surface area (Å²) in [6.07, 6.45) is -14.8. The van der Waals surface area contributed by atoms with Gasteiger partial charge in [-0.15, -0.1) is 13.2 Å². The first-order chi connectivity index (χ1) is 13.8. The van der Waals surface area contributed by atoms with Gasteiger partial charge in [0, 0.05) is 12.4 Å². The summed E-state index contributed by atoms with van der Waals surface area (Å²) in [5, 5.41) is 9.28. The van der Waals surface area contributed by atoms with Gasteiger partial charge in [-0.05, 0) is 36.6 Å². The molecular weight excluding hydrogens is 370 g/mol. The van der Waals surface area contributed by atoms with Crippen molar-refractivity contribution in [2.45, 2.75) is 44.7 Å². The maximum absolute atomic E-state index is 13.9. The SMILES string of the molecule is [2H]C([2H])([2H])C([2H])([2H])c1cc(OC(F)(F)F)cc2c1OC(CC)(C(F)(F)F)C(C(=O)O)=C2. The van der Waals surface area contributed by atoms with Gasteiger partial charge in [0.1, 0.15) is 11.5 Å². The highest BCUT2D eigenvalue weighted by Crippen LogP contribution is 2.49. The standard InChI is InChI=1S/C16H14F6O4/c1-3-8-5-10(25-16(20,21)22)6-9-7-11(13(23)24)14(4-2,15(17,18)19)26-12(8)9/h5-7H,3-4H2,1-2H3,(H,23,24)/i1D3,3D2. The van der Waals surface area contributed by atoms with Crippen molar-refractivity contribution in [3.05, 3.63) is 28.8 Å². The van der Waals surface area contributed by atoms with Crippen LogP contribution in [-0.4, -0.2) is 29.2 Å². The van der Waals surface area contributed by atoms with Crippen LogP contribution in [0.25, 0.3) is 6.08 Å². The van der Waals surface area contributed by atoms with Crippen molar-refractivity contribution in [3.8, 4) is 11.5 Å². The molecule has 0 saturated carbocycles. The van der Waals surface area contributed by atoms with Crippen LogP contribution in [0.15, 0.2) is 17.7 Å². The summed E-state index contributed by atoms with van der Waals surface area (Å²) in [6, 6.07) is 0.732. The van der Waals surface area contributed by atoms with Crippen LogP contribution in [0.3, 0.4) is 0 Å². The van der Waals surface area contributed by atoms with Gasteiger partial charge < -0.3 is 14.6 Å². The Hall–Kier alpha value is -2.39. The molecule has 144 valence electrons. The van der Waals surface area contributed by atoms with Crippen LogP contribution in [0.4, 0.5) is 26.3 Å². The Morgan fingerprint density at radius 2 is 2.00 bits per heavy atom. The molecule has 0 amide bonds. The van der Waals surface area contributed by atoms with Gasteiger partial charge in [0.15, 0.2) is 0 Å². The molecule has 0 bridgehead atoms. The van der Waals surface area contributed by atoms with Crippen molar-refractivity contribution in [1.29, 1.82) is 0 Å². The summed E-state index contributed by atoms with van der Waals surface area (Å²) in [5.74, 6) is -4.32. The van der Waals surface area contributed by atoms with Crippen molar-refractivity contribution in [2.24, 2.45) is 0 Å². The van der Waals surface area contributed by atoms with Gasteiger partial charge in [-0.2, -0.15) is 13.2 Å². The summed E-state index contributed by atoms with van der Waals surface area (Å²) >= 11 is 0.